The lowest BCUT2D eigenvalue weighted by Crippen LogP contribution is -2.17. The van der Waals surface area contributed by atoms with Gasteiger partial charge in [-0.3, -0.25) is 0 Å². The summed E-state index contributed by atoms with van der Waals surface area (Å²) in [6.45, 7) is 5.43. The minimum atomic E-state index is -0.645. The molecule has 0 saturated heterocycles. The predicted molar refractivity (Wildman–Crippen MR) is 73.4 cm³/mol. The first-order valence-electron chi connectivity index (χ1n) is 6.94. The van der Waals surface area contributed by atoms with E-state index in [9.17, 15) is 8.78 Å². The van der Waals surface area contributed by atoms with E-state index < -0.39 is 11.6 Å². The smallest absolute Gasteiger partial charge is 0.168 e. The van der Waals surface area contributed by atoms with E-state index in [4.69, 9.17) is 0 Å². The highest BCUT2D eigenvalue weighted by atomic mass is 19.1. The van der Waals surface area contributed by atoms with Crippen LogP contribution in [0, 0.1) is 17.0 Å². The maximum atomic E-state index is 13.7. The predicted octanol–water partition coefficient (Wildman–Crippen LogP) is 3.78. The van der Waals surface area contributed by atoms with E-state index in [-0.39, 0.29) is 11.6 Å². The van der Waals surface area contributed by atoms with Crippen LogP contribution in [-0.4, -0.2) is 18.1 Å². The fourth-order valence-electron chi connectivity index (χ4n) is 2.06. The molecule has 1 aromatic heterocycles. The van der Waals surface area contributed by atoms with Crippen LogP contribution in [0.15, 0.2) is 6.07 Å². The van der Waals surface area contributed by atoms with Crippen molar-refractivity contribution in [3.05, 3.63) is 17.7 Å². The van der Waals surface area contributed by atoms with E-state index in [0.717, 1.165) is 18.9 Å². The molecule has 106 valence electrons. The van der Waals surface area contributed by atoms with E-state index in [1.54, 1.807) is 0 Å². The summed E-state index contributed by atoms with van der Waals surface area (Å²) < 4.78 is 27.2. The molecule has 0 aromatic carbocycles. The second-order valence-corrected chi connectivity index (χ2v) is 5.28. The monoisotopic (exact) mass is 269 g/mol. The molecular formula is C14H21F2N3. The molecule has 2 rings (SSSR count). The van der Waals surface area contributed by atoms with Crippen LogP contribution in [0.4, 0.5) is 20.4 Å². The molecule has 0 amide bonds. The van der Waals surface area contributed by atoms with Crippen LogP contribution in [0.2, 0.25) is 0 Å². The van der Waals surface area contributed by atoms with Crippen LogP contribution >= 0.6 is 0 Å². The molecule has 1 aromatic rings. The van der Waals surface area contributed by atoms with Crippen LogP contribution in [0.1, 0.15) is 39.5 Å². The van der Waals surface area contributed by atoms with Crippen LogP contribution in [0.5, 0.6) is 0 Å². The van der Waals surface area contributed by atoms with Crippen LogP contribution in [-0.2, 0) is 0 Å². The van der Waals surface area contributed by atoms with E-state index in [1.807, 2.05) is 6.92 Å². The van der Waals surface area contributed by atoms with Crippen LogP contribution < -0.4 is 10.6 Å². The summed E-state index contributed by atoms with van der Waals surface area (Å²) in [6.07, 6.45) is 4.27. The topological polar surface area (TPSA) is 37.0 Å². The maximum absolute atomic E-state index is 13.7. The van der Waals surface area contributed by atoms with Gasteiger partial charge in [0.1, 0.15) is 0 Å². The zero-order valence-electron chi connectivity index (χ0n) is 11.5. The van der Waals surface area contributed by atoms with Gasteiger partial charge in [0, 0.05) is 19.2 Å². The Morgan fingerprint density at radius 2 is 1.79 bits per heavy atom. The molecule has 19 heavy (non-hydrogen) atoms. The molecular weight excluding hydrogens is 248 g/mol. The number of halogens is 2. The van der Waals surface area contributed by atoms with Gasteiger partial charge in [-0.1, -0.05) is 13.8 Å². The molecule has 0 spiro atoms. The quantitative estimate of drug-likeness (QED) is 0.791. The molecule has 0 aliphatic heterocycles. The van der Waals surface area contributed by atoms with Crippen LogP contribution in [0.3, 0.4) is 0 Å². The Morgan fingerprint density at radius 3 is 2.32 bits per heavy atom. The Hall–Kier alpha value is -1.39. The lowest BCUT2D eigenvalue weighted by atomic mass is 10.0. The SMILES string of the molecule is CCCNc1nc(NCC2(CC)CC2)c(F)cc1F. The van der Waals surface area contributed by atoms with Crippen molar-refractivity contribution >= 4 is 11.6 Å². The van der Waals surface area contributed by atoms with Crippen molar-refractivity contribution in [2.75, 3.05) is 23.7 Å². The summed E-state index contributed by atoms with van der Waals surface area (Å²) in [7, 11) is 0. The van der Waals surface area contributed by atoms with E-state index in [1.165, 1.54) is 12.8 Å². The Bertz CT molecular complexity index is 445. The minimum Gasteiger partial charge on any atom is -0.368 e. The van der Waals surface area contributed by atoms with Gasteiger partial charge in [-0.25, -0.2) is 13.8 Å². The van der Waals surface area contributed by atoms with Gasteiger partial charge in [-0.05, 0) is 31.1 Å². The van der Waals surface area contributed by atoms with E-state index in [2.05, 4.69) is 22.5 Å². The third-order valence-corrected chi connectivity index (χ3v) is 3.81. The van der Waals surface area contributed by atoms with Crippen LogP contribution in [0.25, 0.3) is 0 Å². The summed E-state index contributed by atoms with van der Waals surface area (Å²) in [4.78, 5) is 4.00. The largest absolute Gasteiger partial charge is 0.368 e. The van der Waals surface area contributed by atoms with E-state index in [0.29, 0.717) is 18.5 Å². The lowest BCUT2D eigenvalue weighted by molar-refractivity contribution is 0.516. The number of rotatable bonds is 7. The summed E-state index contributed by atoms with van der Waals surface area (Å²) >= 11 is 0. The van der Waals surface area contributed by atoms with Gasteiger partial charge in [0.05, 0.1) is 0 Å². The average Bonchev–Trinajstić information content (AvgIpc) is 3.17. The third kappa shape index (κ3) is 3.33. The molecule has 2 N–H and O–H groups in total. The van der Waals surface area contributed by atoms with Gasteiger partial charge >= 0.3 is 0 Å². The first-order chi connectivity index (χ1) is 9.10. The molecule has 1 aliphatic carbocycles. The lowest BCUT2D eigenvalue weighted by Gasteiger charge is -2.15. The Morgan fingerprint density at radius 1 is 1.16 bits per heavy atom. The number of nitrogens with zero attached hydrogens (tertiary/aromatic N) is 1. The number of anilines is 2. The number of aromatic nitrogens is 1. The standard InChI is InChI=1S/C14H21F2N3/c1-3-7-17-12-10(15)8-11(16)13(19-12)18-9-14(4-2)5-6-14/h8H,3-7,9H2,1-2H3,(H2,17,18,19). The van der Waals surface area contributed by atoms with Gasteiger partial charge in [-0.2, -0.15) is 0 Å². The number of hydrogen-bond donors (Lipinski definition) is 2. The van der Waals surface area contributed by atoms with Crippen molar-refractivity contribution in [2.24, 2.45) is 5.41 Å². The molecule has 1 saturated carbocycles. The van der Waals surface area contributed by atoms with Crippen molar-refractivity contribution in [3.8, 4) is 0 Å². The molecule has 1 heterocycles. The van der Waals surface area contributed by atoms with E-state index >= 15 is 0 Å². The fraction of sp³-hybridized carbons (Fsp3) is 0.643. The third-order valence-electron chi connectivity index (χ3n) is 3.81. The highest BCUT2D eigenvalue weighted by Gasteiger charge is 2.40. The van der Waals surface area contributed by atoms with Crippen molar-refractivity contribution in [1.82, 2.24) is 4.98 Å². The molecule has 0 bridgehead atoms. The summed E-state index contributed by atoms with van der Waals surface area (Å²) in [5, 5.41) is 5.88. The maximum Gasteiger partial charge on any atom is 0.168 e. The van der Waals surface area contributed by atoms with Crippen molar-refractivity contribution in [2.45, 2.75) is 39.5 Å². The average molecular weight is 269 g/mol. The molecule has 3 nitrogen and oxygen atoms in total. The fourth-order valence-corrected chi connectivity index (χ4v) is 2.06. The Balaban J connectivity index is 2.06. The highest BCUT2D eigenvalue weighted by molar-refractivity contribution is 5.47. The van der Waals surface area contributed by atoms with Gasteiger partial charge < -0.3 is 10.6 Å². The second-order valence-electron chi connectivity index (χ2n) is 5.28. The molecule has 1 aliphatic rings. The first-order valence-corrected chi connectivity index (χ1v) is 6.94. The molecule has 1 fully saturated rings. The molecule has 0 radical (unpaired) electrons. The second kappa shape index (κ2) is 5.72. The normalized spacial score (nSPS) is 16.2. The number of hydrogen-bond acceptors (Lipinski definition) is 3. The zero-order chi connectivity index (χ0) is 13.9. The minimum absolute atomic E-state index is 0.118. The summed E-state index contributed by atoms with van der Waals surface area (Å²) in [6, 6.07) is 0.888. The number of nitrogens with one attached hydrogen (secondary N) is 2. The van der Waals surface area contributed by atoms with Gasteiger partial charge in [0.25, 0.3) is 0 Å². The van der Waals surface area contributed by atoms with Crippen molar-refractivity contribution in [3.63, 3.8) is 0 Å². The van der Waals surface area contributed by atoms with Crippen molar-refractivity contribution < 1.29 is 8.78 Å². The molecule has 0 atom stereocenters. The zero-order valence-corrected chi connectivity index (χ0v) is 11.5. The highest BCUT2D eigenvalue weighted by Crippen LogP contribution is 2.48. The van der Waals surface area contributed by atoms with Gasteiger partial charge in [-0.15, -0.1) is 0 Å². The summed E-state index contributed by atoms with van der Waals surface area (Å²) in [5.41, 5.74) is 0.291. The van der Waals surface area contributed by atoms with Crippen molar-refractivity contribution in [1.29, 1.82) is 0 Å². The Labute approximate surface area is 112 Å². The molecule has 0 unspecified atom stereocenters. The summed E-state index contributed by atoms with van der Waals surface area (Å²) in [5.74, 6) is -1.02. The Kier molecular flexibility index (Phi) is 4.22. The first kappa shape index (κ1) is 14.0. The number of pyridine rings is 1. The van der Waals surface area contributed by atoms with Gasteiger partial charge in [0.15, 0.2) is 23.3 Å². The van der Waals surface area contributed by atoms with Gasteiger partial charge in [0.2, 0.25) is 0 Å². The molecule has 5 heteroatoms.